The van der Waals surface area contributed by atoms with Gasteiger partial charge in [0, 0.05) is 65.4 Å². The van der Waals surface area contributed by atoms with Gasteiger partial charge in [0.25, 0.3) is 0 Å². The van der Waals surface area contributed by atoms with Gasteiger partial charge in [0.1, 0.15) is 49.8 Å². The smallest absolute Gasteiger partial charge is 0.430 e. The van der Waals surface area contributed by atoms with Crippen LogP contribution in [0.3, 0.4) is 0 Å². The summed E-state index contributed by atoms with van der Waals surface area (Å²) in [5, 5.41) is 19.7. The third kappa shape index (κ3) is 19.6. The van der Waals surface area contributed by atoms with Crippen LogP contribution in [0, 0.1) is 0 Å². The van der Waals surface area contributed by atoms with Gasteiger partial charge >= 0.3 is 24.6 Å². The monoisotopic (exact) mass is 800 g/mol. The number of aliphatic hydroxyl groups excluding tert-OH is 2. The van der Waals surface area contributed by atoms with E-state index in [1.807, 2.05) is 0 Å². The molecule has 8 unspecified atom stereocenters. The molecule has 2 saturated carbocycles. The van der Waals surface area contributed by atoms with E-state index in [1.165, 1.54) is 13.8 Å². The first kappa shape index (κ1) is 44.2. The molecule has 45 heavy (non-hydrogen) atoms. The zero-order valence-electron chi connectivity index (χ0n) is 26.5. The minimum atomic E-state index is -0.995. The van der Waals surface area contributed by atoms with Crippen molar-refractivity contribution in [3.05, 3.63) is 0 Å². The number of ether oxygens (including phenoxy) is 9. The van der Waals surface area contributed by atoms with Gasteiger partial charge in [-0.1, -0.05) is 12.8 Å². The Hall–Kier alpha value is -0.832. The van der Waals surface area contributed by atoms with Crippen molar-refractivity contribution in [3.63, 3.8) is 0 Å². The van der Waals surface area contributed by atoms with Crippen molar-refractivity contribution >= 4 is 24.6 Å². The maximum atomic E-state index is 11.9. The van der Waals surface area contributed by atoms with Crippen LogP contribution in [0.15, 0.2) is 0 Å². The van der Waals surface area contributed by atoms with Gasteiger partial charge in [-0.3, -0.25) is 0 Å². The normalized spacial score (nSPS) is 23.6. The summed E-state index contributed by atoms with van der Waals surface area (Å²) in [5.74, 6) is 0. The van der Waals surface area contributed by atoms with E-state index in [9.17, 15) is 29.4 Å². The largest absolute Gasteiger partial charge is 0.509 e. The summed E-state index contributed by atoms with van der Waals surface area (Å²) in [5.41, 5.74) is 0. The predicted molar refractivity (Wildman–Crippen MR) is 145 cm³/mol. The van der Waals surface area contributed by atoms with Gasteiger partial charge in [0.2, 0.25) is 0 Å². The summed E-state index contributed by atoms with van der Waals surface area (Å²) in [4.78, 5) is 47.6. The summed E-state index contributed by atoms with van der Waals surface area (Å²) in [6.07, 6.45) is -3.85. The van der Waals surface area contributed by atoms with E-state index < -0.39 is 73.5 Å². The van der Waals surface area contributed by atoms with Crippen molar-refractivity contribution in [1.82, 2.24) is 0 Å². The molecular weight excluding hydrogens is 754 g/mol. The van der Waals surface area contributed by atoms with Crippen LogP contribution in [-0.4, -0.2) is 110 Å². The summed E-state index contributed by atoms with van der Waals surface area (Å²) in [7, 11) is 0. The summed E-state index contributed by atoms with van der Waals surface area (Å²) in [6.45, 7) is 5.56. The molecule has 2 aliphatic carbocycles. The van der Waals surface area contributed by atoms with Gasteiger partial charge in [-0.15, -0.1) is 0 Å². The van der Waals surface area contributed by atoms with Crippen LogP contribution >= 0.6 is 0 Å². The predicted octanol–water partition coefficient (Wildman–Crippen LogP) is 3.77. The minimum absolute atomic E-state index is 0. The molecule has 0 aromatic rings. The Balaban J connectivity index is 0.00000968. The molecule has 0 aromatic heterocycles. The summed E-state index contributed by atoms with van der Waals surface area (Å²) < 4.78 is 45.8. The van der Waals surface area contributed by atoms with E-state index in [1.54, 1.807) is 13.8 Å². The second-order valence-electron chi connectivity index (χ2n) is 10.9. The van der Waals surface area contributed by atoms with E-state index in [-0.39, 0.29) is 91.8 Å². The maximum Gasteiger partial charge on any atom is 0.509 e. The first-order valence-corrected chi connectivity index (χ1v) is 14.8. The Morgan fingerprint density at radius 1 is 0.533 bits per heavy atom. The van der Waals surface area contributed by atoms with E-state index in [4.69, 9.17) is 42.6 Å². The van der Waals surface area contributed by atoms with Crippen LogP contribution in [-0.2, 0) is 108 Å². The number of carbonyl (C=O) groups excluding carboxylic acids is 4. The van der Waals surface area contributed by atoms with E-state index in [0.29, 0.717) is 25.7 Å². The van der Waals surface area contributed by atoms with Gasteiger partial charge in [-0.05, 0) is 66.2 Å². The minimum Gasteiger partial charge on any atom is -0.430 e. The topological polar surface area (TPSA) is 192 Å². The number of hydrogen-bond acceptors (Lipinski definition) is 15. The second kappa shape index (κ2) is 24.3. The number of hydrogen-bond donors (Lipinski definition) is 2. The first-order chi connectivity index (χ1) is 20.4. The van der Waals surface area contributed by atoms with Crippen molar-refractivity contribution in [2.24, 2.45) is 0 Å². The van der Waals surface area contributed by atoms with Crippen LogP contribution < -0.4 is 0 Å². The Morgan fingerprint density at radius 3 is 1.20 bits per heavy atom. The molecule has 2 radical (unpaired) electrons. The summed E-state index contributed by atoms with van der Waals surface area (Å²) in [6, 6.07) is 0. The third-order valence-corrected chi connectivity index (χ3v) is 6.60. The van der Waals surface area contributed by atoms with Crippen LogP contribution in [0.5, 0.6) is 0 Å². The van der Waals surface area contributed by atoms with Crippen LogP contribution in [0.2, 0.25) is 0 Å². The number of carbonyl (C=O) groups is 4. The van der Waals surface area contributed by atoms with E-state index in [0.717, 1.165) is 25.7 Å². The second-order valence-corrected chi connectivity index (χ2v) is 10.9. The Bertz CT molecular complexity index is 811. The molecular formula is C28H46O15Y2. The maximum absolute atomic E-state index is 11.9. The van der Waals surface area contributed by atoms with E-state index >= 15 is 0 Å². The first-order valence-electron chi connectivity index (χ1n) is 14.8. The van der Waals surface area contributed by atoms with Crippen LogP contribution in [0.4, 0.5) is 19.2 Å². The molecule has 0 spiro atoms. The quantitative estimate of drug-likeness (QED) is 0.191. The van der Waals surface area contributed by atoms with Crippen molar-refractivity contribution in [2.75, 3.05) is 26.4 Å². The Morgan fingerprint density at radius 2 is 0.844 bits per heavy atom. The van der Waals surface area contributed by atoms with Gasteiger partial charge in [0.05, 0.1) is 25.4 Å². The molecule has 2 N–H and O–H groups in total. The average Bonchev–Trinajstić information content (AvgIpc) is 2.93. The molecule has 2 rings (SSSR count). The molecule has 2 aliphatic rings. The fourth-order valence-electron chi connectivity index (χ4n) is 4.36. The molecule has 0 aromatic carbocycles. The molecule has 0 aliphatic heterocycles. The average molecular weight is 800 g/mol. The van der Waals surface area contributed by atoms with Gasteiger partial charge in [-0.2, -0.15) is 0 Å². The van der Waals surface area contributed by atoms with Gasteiger partial charge in [-0.25, -0.2) is 19.2 Å². The molecule has 0 saturated heterocycles. The molecule has 8 atom stereocenters. The van der Waals surface area contributed by atoms with Crippen LogP contribution in [0.25, 0.3) is 0 Å². The zero-order valence-corrected chi connectivity index (χ0v) is 32.1. The molecule has 254 valence electrons. The molecule has 17 heteroatoms. The fraction of sp³-hybridized carbons (Fsp3) is 0.857. The SMILES string of the molecule is CC(COCC(C)OC(=O)OCC(C)OC(=O)OC1CCCCC1O)OC(=O)OCC(C)OC(=O)OC1CCCCC1O.[Y].[Y]. The third-order valence-electron chi connectivity index (χ3n) is 6.60. The molecule has 0 bridgehead atoms. The summed E-state index contributed by atoms with van der Waals surface area (Å²) >= 11 is 0. The van der Waals surface area contributed by atoms with Crippen LogP contribution in [0.1, 0.15) is 79.1 Å². The Labute approximate surface area is 314 Å². The molecule has 0 amide bonds. The number of aliphatic hydroxyl groups is 2. The van der Waals surface area contributed by atoms with Gasteiger partial charge in [0.15, 0.2) is 0 Å². The molecule has 0 heterocycles. The van der Waals surface area contributed by atoms with Crippen molar-refractivity contribution in [1.29, 1.82) is 0 Å². The molecule has 15 nitrogen and oxygen atoms in total. The Kier molecular flexibility index (Phi) is 23.9. The van der Waals surface area contributed by atoms with Crippen molar-refractivity contribution in [3.8, 4) is 0 Å². The van der Waals surface area contributed by atoms with Crippen molar-refractivity contribution < 1.29 is 137 Å². The number of rotatable bonds is 14. The van der Waals surface area contributed by atoms with Crippen molar-refractivity contribution in [2.45, 2.75) is 128 Å². The van der Waals surface area contributed by atoms with E-state index in [2.05, 4.69) is 0 Å². The zero-order chi connectivity index (χ0) is 31.8. The van der Waals surface area contributed by atoms with Gasteiger partial charge < -0.3 is 52.8 Å². The standard InChI is InChI=1S/C28H46O15.2Y/c1-17(38-25(31)36-15-19(3)40-27(33)42-23-11-7-5-9-21(23)29)13-35-14-18(2)39-26(32)37-16-20(4)41-28(34)43-24-12-8-6-10-22(24)30;;/h17-24,29-30H,5-16H2,1-4H3;;. The molecule has 2 fully saturated rings. The fourth-order valence-corrected chi connectivity index (χ4v) is 4.36.